The third kappa shape index (κ3) is 4.65. The van der Waals surface area contributed by atoms with Crippen LogP contribution in [0.25, 0.3) is 23.0 Å². The highest BCUT2D eigenvalue weighted by atomic mass is 16.5. The lowest BCUT2D eigenvalue weighted by atomic mass is 10.1. The Hall–Kier alpha value is -3.99. The Labute approximate surface area is 168 Å². The fraction of sp³-hybridized carbons (Fsp3) is 0.0417. The number of hydrogen-bond donors (Lipinski definition) is 0. The summed E-state index contributed by atoms with van der Waals surface area (Å²) in [5.74, 6) is -0.429. The molecule has 0 aliphatic carbocycles. The molecule has 0 atom stereocenters. The minimum Gasteiger partial charge on any atom is -0.458 e. The maximum absolute atomic E-state index is 12.2. The number of para-hydroxylation sites is 1. The molecular formula is C24H19N3O2. The number of hydrogen-bond acceptors (Lipinski definition) is 4. The van der Waals surface area contributed by atoms with Crippen molar-refractivity contribution in [2.75, 3.05) is 0 Å². The van der Waals surface area contributed by atoms with Gasteiger partial charge in [0.25, 0.3) is 0 Å². The van der Waals surface area contributed by atoms with Crippen molar-refractivity contribution in [2.45, 2.75) is 6.61 Å². The molecule has 4 rings (SSSR count). The third-order valence-corrected chi connectivity index (χ3v) is 4.31. The molecule has 0 aliphatic heterocycles. The smallest absolute Gasteiger partial charge is 0.331 e. The summed E-state index contributed by atoms with van der Waals surface area (Å²) < 4.78 is 7.26. The summed E-state index contributed by atoms with van der Waals surface area (Å²) in [4.78, 5) is 16.3. The molecule has 0 N–H and O–H groups in total. The third-order valence-electron chi connectivity index (χ3n) is 4.31. The van der Waals surface area contributed by atoms with Gasteiger partial charge in [0.2, 0.25) is 0 Å². The number of benzene rings is 2. The largest absolute Gasteiger partial charge is 0.458 e. The Morgan fingerprint density at radius 2 is 1.66 bits per heavy atom. The normalized spacial score (nSPS) is 10.9. The fourth-order valence-corrected chi connectivity index (χ4v) is 2.89. The first kappa shape index (κ1) is 18.4. The summed E-state index contributed by atoms with van der Waals surface area (Å²) >= 11 is 0. The molecule has 5 nitrogen and oxygen atoms in total. The van der Waals surface area contributed by atoms with Crippen molar-refractivity contribution in [2.24, 2.45) is 0 Å². The van der Waals surface area contributed by atoms with Gasteiger partial charge < -0.3 is 4.74 Å². The lowest BCUT2D eigenvalue weighted by Crippen LogP contribution is -2.01. The van der Waals surface area contributed by atoms with Gasteiger partial charge in [-0.1, -0.05) is 54.6 Å². The average Bonchev–Trinajstić information content (AvgIpc) is 3.22. The van der Waals surface area contributed by atoms with Crippen LogP contribution in [0.2, 0.25) is 0 Å². The van der Waals surface area contributed by atoms with E-state index in [2.05, 4.69) is 4.98 Å². The molecule has 4 aromatic rings. The van der Waals surface area contributed by atoms with Crippen molar-refractivity contribution in [3.8, 4) is 16.9 Å². The maximum atomic E-state index is 12.2. The number of pyridine rings is 1. The van der Waals surface area contributed by atoms with Crippen molar-refractivity contribution in [1.29, 1.82) is 0 Å². The molecule has 0 saturated carbocycles. The first-order chi connectivity index (χ1) is 14.3. The Morgan fingerprint density at radius 3 is 2.38 bits per heavy atom. The second kappa shape index (κ2) is 8.80. The number of carbonyl (C=O) groups excluding carboxylic acids is 1. The summed E-state index contributed by atoms with van der Waals surface area (Å²) in [6.07, 6.45) is 6.59. The van der Waals surface area contributed by atoms with Crippen LogP contribution in [0.3, 0.4) is 0 Å². The molecule has 29 heavy (non-hydrogen) atoms. The van der Waals surface area contributed by atoms with Crippen LogP contribution >= 0.6 is 0 Å². The van der Waals surface area contributed by atoms with Crippen LogP contribution < -0.4 is 0 Å². The minimum atomic E-state index is -0.429. The lowest BCUT2D eigenvalue weighted by Gasteiger charge is -2.03. The van der Waals surface area contributed by atoms with Crippen LogP contribution in [-0.2, 0) is 16.1 Å². The van der Waals surface area contributed by atoms with Crippen LogP contribution in [0, 0.1) is 0 Å². The zero-order valence-electron chi connectivity index (χ0n) is 15.7. The monoisotopic (exact) mass is 381 g/mol. The van der Waals surface area contributed by atoms with Crippen LogP contribution in [0.1, 0.15) is 11.3 Å². The van der Waals surface area contributed by atoms with Gasteiger partial charge in [-0.3, -0.25) is 4.98 Å². The topological polar surface area (TPSA) is 57.0 Å². The van der Waals surface area contributed by atoms with Gasteiger partial charge in [-0.25, -0.2) is 9.48 Å². The van der Waals surface area contributed by atoms with Crippen LogP contribution in [0.4, 0.5) is 0 Å². The summed E-state index contributed by atoms with van der Waals surface area (Å²) in [5.41, 5.74) is 4.23. The molecule has 0 spiro atoms. The van der Waals surface area contributed by atoms with E-state index in [1.54, 1.807) is 17.0 Å². The van der Waals surface area contributed by atoms with E-state index in [0.717, 1.165) is 22.5 Å². The second-order valence-corrected chi connectivity index (χ2v) is 6.34. The number of ether oxygens (including phenoxy) is 1. The predicted octanol–water partition coefficient (Wildman–Crippen LogP) is 4.69. The quantitative estimate of drug-likeness (QED) is 0.359. The molecule has 0 radical (unpaired) electrons. The van der Waals surface area contributed by atoms with Crippen LogP contribution in [-0.4, -0.2) is 20.7 Å². The average molecular weight is 381 g/mol. The molecule has 0 fully saturated rings. The van der Waals surface area contributed by atoms with Crippen molar-refractivity contribution in [1.82, 2.24) is 14.8 Å². The van der Waals surface area contributed by atoms with E-state index in [1.165, 1.54) is 6.08 Å². The van der Waals surface area contributed by atoms with Gasteiger partial charge in [0.1, 0.15) is 6.61 Å². The summed E-state index contributed by atoms with van der Waals surface area (Å²) in [6.45, 7) is 0.127. The highest BCUT2D eigenvalue weighted by molar-refractivity contribution is 5.86. The van der Waals surface area contributed by atoms with Gasteiger partial charge in [0.15, 0.2) is 0 Å². The molecule has 0 bridgehead atoms. The van der Waals surface area contributed by atoms with Gasteiger partial charge in [0.05, 0.1) is 17.1 Å². The lowest BCUT2D eigenvalue weighted by molar-refractivity contribution is -0.138. The number of aromatic nitrogens is 3. The molecule has 0 aliphatic rings. The number of nitrogens with zero attached hydrogens (tertiary/aromatic N) is 3. The van der Waals surface area contributed by atoms with Crippen molar-refractivity contribution in [3.05, 3.63) is 109 Å². The predicted molar refractivity (Wildman–Crippen MR) is 112 cm³/mol. The zero-order chi connectivity index (χ0) is 19.9. The van der Waals surface area contributed by atoms with Gasteiger partial charge in [-0.2, -0.15) is 5.10 Å². The fourth-order valence-electron chi connectivity index (χ4n) is 2.89. The molecule has 2 heterocycles. The van der Waals surface area contributed by atoms with E-state index < -0.39 is 5.97 Å². The summed E-state index contributed by atoms with van der Waals surface area (Å²) in [5, 5.41) is 4.72. The van der Waals surface area contributed by atoms with E-state index in [9.17, 15) is 4.79 Å². The molecule has 0 amide bonds. The minimum absolute atomic E-state index is 0.127. The van der Waals surface area contributed by atoms with Gasteiger partial charge in [0, 0.05) is 29.6 Å². The van der Waals surface area contributed by atoms with Crippen molar-refractivity contribution >= 4 is 12.0 Å². The number of carbonyl (C=O) groups is 1. The van der Waals surface area contributed by atoms with Crippen molar-refractivity contribution in [3.63, 3.8) is 0 Å². The SMILES string of the molecule is O=C(/C=C/c1ccccn1)OCc1cn(-c2ccccc2)nc1-c1ccccc1. The second-order valence-electron chi connectivity index (χ2n) is 6.34. The summed E-state index contributed by atoms with van der Waals surface area (Å²) in [7, 11) is 0. The van der Waals surface area contributed by atoms with Crippen LogP contribution in [0.15, 0.2) is 97.3 Å². The highest BCUT2D eigenvalue weighted by Gasteiger charge is 2.13. The molecule has 142 valence electrons. The van der Waals surface area contributed by atoms with E-state index in [0.29, 0.717) is 5.69 Å². The molecule has 0 unspecified atom stereocenters. The zero-order valence-corrected chi connectivity index (χ0v) is 15.7. The van der Waals surface area contributed by atoms with Gasteiger partial charge in [-0.15, -0.1) is 0 Å². The van der Waals surface area contributed by atoms with Gasteiger partial charge in [-0.05, 0) is 30.3 Å². The maximum Gasteiger partial charge on any atom is 0.331 e. The Morgan fingerprint density at radius 1 is 0.931 bits per heavy atom. The Kier molecular flexibility index (Phi) is 5.58. The molecule has 2 aromatic carbocycles. The van der Waals surface area contributed by atoms with E-state index in [1.807, 2.05) is 85.1 Å². The van der Waals surface area contributed by atoms with Crippen molar-refractivity contribution < 1.29 is 9.53 Å². The molecule has 5 heteroatoms. The highest BCUT2D eigenvalue weighted by Crippen LogP contribution is 2.24. The van der Waals surface area contributed by atoms with E-state index >= 15 is 0 Å². The standard InChI is InChI=1S/C24H19N3O2/c28-23(15-14-21-11-7-8-16-25-21)29-18-20-17-27(22-12-5-2-6-13-22)26-24(20)19-9-3-1-4-10-19/h1-17H,18H2/b15-14+. The van der Waals surface area contributed by atoms with E-state index in [-0.39, 0.29) is 6.61 Å². The number of esters is 1. The molecular weight excluding hydrogens is 362 g/mol. The Balaban J connectivity index is 1.55. The van der Waals surface area contributed by atoms with E-state index in [4.69, 9.17) is 9.84 Å². The first-order valence-electron chi connectivity index (χ1n) is 9.25. The van der Waals surface area contributed by atoms with Crippen LogP contribution in [0.5, 0.6) is 0 Å². The summed E-state index contributed by atoms with van der Waals surface area (Å²) in [6, 6.07) is 25.2. The number of rotatable bonds is 6. The molecule has 0 saturated heterocycles. The van der Waals surface area contributed by atoms with Gasteiger partial charge >= 0.3 is 5.97 Å². The molecule has 2 aromatic heterocycles. The Bertz CT molecular complexity index is 1100. The first-order valence-corrected chi connectivity index (χ1v) is 9.25.